The average molecular weight is 293 g/mol. The number of sulfone groups is 1. The SMILES string of the molecule is O=S(=O)(c1ccc[nH]1)C1CCNCC1.c1ccncc1. The van der Waals surface area contributed by atoms with Crippen LogP contribution in [0.25, 0.3) is 0 Å². The van der Waals surface area contributed by atoms with E-state index in [0.717, 1.165) is 13.1 Å². The van der Waals surface area contributed by atoms with E-state index >= 15 is 0 Å². The second-order valence-corrected chi connectivity index (χ2v) is 6.75. The molecule has 20 heavy (non-hydrogen) atoms. The van der Waals surface area contributed by atoms with Gasteiger partial charge in [-0.1, -0.05) is 6.07 Å². The van der Waals surface area contributed by atoms with Crippen LogP contribution >= 0.6 is 0 Å². The Morgan fingerprint density at radius 2 is 1.75 bits per heavy atom. The van der Waals surface area contributed by atoms with E-state index < -0.39 is 9.84 Å². The van der Waals surface area contributed by atoms with Gasteiger partial charge in [-0.05, 0) is 50.2 Å². The Kier molecular flexibility index (Phi) is 5.31. The number of hydrogen-bond acceptors (Lipinski definition) is 4. The Hall–Kier alpha value is -1.66. The summed E-state index contributed by atoms with van der Waals surface area (Å²) < 4.78 is 24.0. The van der Waals surface area contributed by atoms with Crippen LogP contribution in [0.2, 0.25) is 0 Å². The largest absolute Gasteiger partial charge is 0.352 e. The molecule has 0 radical (unpaired) electrons. The number of H-pyrrole nitrogens is 1. The molecule has 1 aliphatic heterocycles. The third-order valence-corrected chi connectivity index (χ3v) is 5.38. The number of aromatic nitrogens is 2. The molecular weight excluding hydrogens is 274 g/mol. The van der Waals surface area contributed by atoms with E-state index in [4.69, 9.17) is 0 Å². The number of rotatable bonds is 2. The van der Waals surface area contributed by atoms with Gasteiger partial charge in [0.25, 0.3) is 0 Å². The Bertz CT molecular complexity index is 549. The fraction of sp³-hybridized carbons (Fsp3) is 0.357. The predicted octanol–water partition coefficient (Wildman–Crippen LogP) is 1.62. The van der Waals surface area contributed by atoms with Gasteiger partial charge in [-0.25, -0.2) is 8.42 Å². The van der Waals surface area contributed by atoms with Crippen LogP contribution in [0.1, 0.15) is 12.8 Å². The molecule has 0 bridgehead atoms. The molecule has 1 saturated heterocycles. The third-order valence-electron chi connectivity index (χ3n) is 3.17. The van der Waals surface area contributed by atoms with Crippen molar-refractivity contribution in [2.45, 2.75) is 23.1 Å². The molecule has 2 aromatic rings. The summed E-state index contributed by atoms with van der Waals surface area (Å²) >= 11 is 0. The van der Waals surface area contributed by atoms with E-state index in [0.29, 0.717) is 17.9 Å². The molecule has 3 rings (SSSR count). The highest BCUT2D eigenvalue weighted by Crippen LogP contribution is 2.20. The molecule has 2 aromatic heterocycles. The van der Waals surface area contributed by atoms with Crippen molar-refractivity contribution in [1.82, 2.24) is 15.3 Å². The van der Waals surface area contributed by atoms with Crippen molar-refractivity contribution in [2.75, 3.05) is 13.1 Å². The minimum absolute atomic E-state index is 0.220. The Morgan fingerprint density at radius 1 is 1.05 bits per heavy atom. The second kappa shape index (κ2) is 7.21. The zero-order chi connectivity index (χ0) is 14.3. The van der Waals surface area contributed by atoms with Crippen LogP contribution < -0.4 is 5.32 Å². The molecule has 0 aromatic carbocycles. The lowest BCUT2D eigenvalue weighted by Gasteiger charge is -2.21. The quantitative estimate of drug-likeness (QED) is 0.882. The van der Waals surface area contributed by atoms with Crippen LogP contribution in [-0.4, -0.2) is 36.7 Å². The summed E-state index contributed by atoms with van der Waals surface area (Å²) in [5.74, 6) is 0. The van der Waals surface area contributed by atoms with Gasteiger partial charge in [0.2, 0.25) is 0 Å². The van der Waals surface area contributed by atoms with E-state index in [9.17, 15) is 8.42 Å². The lowest BCUT2D eigenvalue weighted by Crippen LogP contribution is -2.35. The van der Waals surface area contributed by atoms with Crippen LogP contribution in [0.4, 0.5) is 0 Å². The first kappa shape index (κ1) is 14.7. The van der Waals surface area contributed by atoms with Gasteiger partial charge in [0.1, 0.15) is 5.03 Å². The van der Waals surface area contributed by atoms with Gasteiger partial charge in [0, 0.05) is 18.6 Å². The molecule has 0 unspecified atom stereocenters. The summed E-state index contributed by atoms with van der Waals surface area (Å²) in [6.07, 6.45) is 6.57. The van der Waals surface area contributed by atoms with E-state index in [1.807, 2.05) is 18.2 Å². The molecule has 0 atom stereocenters. The van der Waals surface area contributed by atoms with Crippen LogP contribution in [0.3, 0.4) is 0 Å². The highest BCUT2D eigenvalue weighted by molar-refractivity contribution is 7.92. The lowest BCUT2D eigenvalue weighted by molar-refractivity contribution is 0.495. The summed E-state index contributed by atoms with van der Waals surface area (Å²) in [6.45, 7) is 1.59. The van der Waals surface area contributed by atoms with Crippen LogP contribution in [0.5, 0.6) is 0 Å². The Balaban J connectivity index is 0.000000205. The number of pyridine rings is 1. The number of nitrogens with zero attached hydrogens (tertiary/aromatic N) is 1. The van der Waals surface area contributed by atoms with E-state index in [1.54, 1.807) is 30.7 Å². The first-order valence-electron chi connectivity index (χ1n) is 6.64. The fourth-order valence-corrected chi connectivity index (χ4v) is 3.80. The molecule has 0 saturated carbocycles. The molecule has 108 valence electrons. The van der Waals surface area contributed by atoms with Gasteiger partial charge in [-0.3, -0.25) is 4.98 Å². The first-order valence-corrected chi connectivity index (χ1v) is 8.19. The second-order valence-electron chi connectivity index (χ2n) is 4.55. The van der Waals surface area contributed by atoms with Crippen molar-refractivity contribution < 1.29 is 8.42 Å². The van der Waals surface area contributed by atoms with Gasteiger partial charge in [0.15, 0.2) is 9.84 Å². The van der Waals surface area contributed by atoms with Gasteiger partial charge in [-0.2, -0.15) is 0 Å². The van der Waals surface area contributed by atoms with E-state index in [-0.39, 0.29) is 5.25 Å². The molecule has 1 aliphatic rings. The summed E-state index contributed by atoms with van der Waals surface area (Å²) in [6, 6.07) is 9.05. The van der Waals surface area contributed by atoms with Crippen LogP contribution in [0, 0.1) is 0 Å². The molecule has 0 aliphatic carbocycles. The summed E-state index contributed by atoms with van der Waals surface area (Å²) in [7, 11) is -3.11. The van der Waals surface area contributed by atoms with Crippen molar-refractivity contribution in [2.24, 2.45) is 0 Å². The van der Waals surface area contributed by atoms with Gasteiger partial charge >= 0.3 is 0 Å². The van der Waals surface area contributed by atoms with E-state index in [2.05, 4.69) is 15.3 Å². The maximum Gasteiger partial charge on any atom is 0.196 e. The fourth-order valence-electron chi connectivity index (χ4n) is 2.09. The van der Waals surface area contributed by atoms with Crippen LogP contribution in [0.15, 0.2) is 53.9 Å². The minimum Gasteiger partial charge on any atom is -0.352 e. The smallest absolute Gasteiger partial charge is 0.196 e. The molecule has 5 nitrogen and oxygen atoms in total. The van der Waals surface area contributed by atoms with Crippen molar-refractivity contribution in [3.63, 3.8) is 0 Å². The zero-order valence-corrected chi connectivity index (χ0v) is 12.0. The highest BCUT2D eigenvalue weighted by atomic mass is 32.2. The maximum absolute atomic E-state index is 12.0. The van der Waals surface area contributed by atoms with Crippen LogP contribution in [-0.2, 0) is 9.84 Å². The Morgan fingerprint density at radius 3 is 2.20 bits per heavy atom. The molecule has 2 N–H and O–H groups in total. The van der Waals surface area contributed by atoms with Gasteiger partial charge in [0.05, 0.1) is 5.25 Å². The maximum atomic E-state index is 12.0. The highest BCUT2D eigenvalue weighted by Gasteiger charge is 2.29. The van der Waals surface area contributed by atoms with Gasteiger partial charge in [-0.15, -0.1) is 0 Å². The monoisotopic (exact) mass is 293 g/mol. The number of hydrogen-bond donors (Lipinski definition) is 2. The molecule has 0 amide bonds. The van der Waals surface area contributed by atoms with Crippen molar-refractivity contribution in [3.8, 4) is 0 Å². The van der Waals surface area contributed by atoms with Crippen molar-refractivity contribution in [3.05, 3.63) is 48.9 Å². The minimum atomic E-state index is -3.11. The topological polar surface area (TPSA) is 74.8 Å². The predicted molar refractivity (Wildman–Crippen MR) is 78.1 cm³/mol. The first-order chi connectivity index (χ1) is 9.71. The molecule has 6 heteroatoms. The Labute approximate surface area is 119 Å². The van der Waals surface area contributed by atoms with Crippen molar-refractivity contribution >= 4 is 9.84 Å². The number of aromatic amines is 1. The lowest BCUT2D eigenvalue weighted by atomic mass is 10.2. The van der Waals surface area contributed by atoms with Gasteiger partial charge < -0.3 is 10.3 Å². The summed E-state index contributed by atoms with van der Waals surface area (Å²) in [5.41, 5.74) is 0. The molecule has 1 fully saturated rings. The third kappa shape index (κ3) is 3.91. The normalized spacial score (nSPS) is 16.2. The zero-order valence-electron chi connectivity index (χ0n) is 11.2. The molecule has 3 heterocycles. The number of nitrogens with one attached hydrogen (secondary N) is 2. The molecule has 0 spiro atoms. The summed E-state index contributed by atoms with van der Waals surface area (Å²) in [5, 5.41) is 3.29. The number of piperidine rings is 1. The average Bonchev–Trinajstić information content (AvgIpc) is 3.06. The van der Waals surface area contributed by atoms with E-state index in [1.165, 1.54) is 0 Å². The molecular formula is C14H19N3O2S. The van der Waals surface area contributed by atoms with Crippen molar-refractivity contribution in [1.29, 1.82) is 0 Å². The summed E-state index contributed by atoms with van der Waals surface area (Å²) in [4.78, 5) is 6.55. The standard InChI is InChI=1S/C9H14N2O2S.C5H5N/c12-14(13,9-2-1-5-11-9)8-3-6-10-7-4-8;1-2-4-6-5-3-1/h1-2,5,8,10-11H,3-4,6-7H2;1-5H.